The highest BCUT2D eigenvalue weighted by molar-refractivity contribution is 5.92. The normalized spacial score (nSPS) is 25.3. The number of fused-ring (bicyclic) bond motifs is 1. The summed E-state index contributed by atoms with van der Waals surface area (Å²) in [6.07, 6.45) is 4.25. The van der Waals surface area contributed by atoms with E-state index in [4.69, 9.17) is 4.74 Å². The molecule has 2 amide bonds. The number of amides is 2. The maximum atomic E-state index is 13.6. The van der Waals surface area contributed by atoms with Crippen LogP contribution >= 0.6 is 0 Å². The number of aryl methyl sites for hydroxylation is 1. The SMILES string of the molecule is CCC(C)C(NC(=O)CC1Cc2ccccc2O1)C(=O)N[C@H]1CCc2ccn3c2C1C(=O)C[C@H](C(=O)O)C3. The van der Waals surface area contributed by atoms with Gasteiger partial charge in [0.25, 0.3) is 0 Å². The number of carboxylic acid groups (broad SMARTS) is 1. The van der Waals surface area contributed by atoms with Crippen molar-refractivity contribution in [3.63, 3.8) is 0 Å². The molecule has 2 aromatic rings. The number of carbonyl (C=O) groups excluding carboxylic acids is 3. The third-order valence-corrected chi connectivity index (χ3v) is 8.34. The van der Waals surface area contributed by atoms with Crippen LogP contribution in [0.15, 0.2) is 36.5 Å². The van der Waals surface area contributed by atoms with Gasteiger partial charge in [0.15, 0.2) is 0 Å². The van der Waals surface area contributed by atoms with E-state index in [9.17, 15) is 24.3 Å². The molecular weight excluding hydrogens is 486 g/mol. The van der Waals surface area contributed by atoms with E-state index in [-0.39, 0.29) is 49.0 Å². The second-order valence-electron chi connectivity index (χ2n) is 10.9. The number of rotatable bonds is 8. The number of benzene rings is 1. The van der Waals surface area contributed by atoms with Crippen LogP contribution < -0.4 is 15.4 Å². The van der Waals surface area contributed by atoms with Crippen molar-refractivity contribution in [2.75, 3.05) is 0 Å². The minimum atomic E-state index is -0.992. The van der Waals surface area contributed by atoms with Crippen LogP contribution in [-0.2, 0) is 38.6 Å². The van der Waals surface area contributed by atoms with Gasteiger partial charge in [0.05, 0.1) is 18.3 Å². The lowest BCUT2D eigenvalue weighted by Crippen LogP contribution is -2.55. The highest BCUT2D eigenvalue weighted by Crippen LogP contribution is 2.38. The van der Waals surface area contributed by atoms with Crippen molar-refractivity contribution in [1.82, 2.24) is 15.2 Å². The number of nitrogens with one attached hydrogen (secondary N) is 2. The highest BCUT2D eigenvalue weighted by atomic mass is 16.5. The Hall–Kier alpha value is -3.62. The minimum absolute atomic E-state index is 0.0667. The van der Waals surface area contributed by atoms with Gasteiger partial charge < -0.3 is 25.0 Å². The van der Waals surface area contributed by atoms with E-state index in [1.54, 1.807) is 0 Å². The van der Waals surface area contributed by atoms with Crippen molar-refractivity contribution < 1.29 is 29.0 Å². The van der Waals surface area contributed by atoms with Crippen molar-refractivity contribution >= 4 is 23.6 Å². The second kappa shape index (κ2) is 10.6. The summed E-state index contributed by atoms with van der Waals surface area (Å²) in [6, 6.07) is 8.46. The average Bonchev–Trinajstić information content (AvgIpc) is 3.45. The monoisotopic (exact) mass is 521 g/mol. The summed E-state index contributed by atoms with van der Waals surface area (Å²) >= 11 is 0. The van der Waals surface area contributed by atoms with Gasteiger partial charge in [-0.05, 0) is 42.0 Å². The van der Waals surface area contributed by atoms with E-state index in [0.717, 1.165) is 22.6 Å². The van der Waals surface area contributed by atoms with Crippen LogP contribution in [0.1, 0.15) is 62.3 Å². The number of Topliss-reactive ketones (excluding diaryl/α,β-unsaturated/α-hetero) is 1. The van der Waals surface area contributed by atoms with Crippen LogP contribution in [0, 0.1) is 11.8 Å². The van der Waals surface area contributed by atoms with Crippen molar-refractivity contribution in [1.29, 1.82) is 0 Å². The molecule has 0 bridgehead atoms. The largest absolute Gasteiger partial charge is 0.489 e. The standard InChI is InChI=1S/C29H35N3O6/c1-3-16(2)26(31-24(34)14-20-12-18-6-4-5-7-23(18)38-20)28(35)30-21-9-8-17-10-11-32-15-19(29(36)37)13-22(33)25(21)27(17)32/h4-7,10-11,16,19-21,25-26H,3,8-9,12-15H2,1-2H3,(H,30,35)(H,31,34)(H,36,37)/t16?,19-,20?,21-,25?,26?/m0/s1. The number of para-hydroxylation sites is 1. The molecule has 0 fully saturated rings. The average molecular weight is 522 g/mol. The first-order valence-electron chi connectivity index (χ1n) is 13.5. The zero-order valence-corrected chi connectivity index (χ0v) is 21.8. The molecule has 6 atom stereocenters. The molecule has 1 aromatic carbocycles. The maximum Gasteiger partial charge on any atom is 0.308 e. The van der Waals surface area contributed by atoms with Crippen LogP contribution in [0.5, 0.6) is 5.75 Å². The Morgan fingerprint density at radius 3 is 2.68 bits per heavy atom. The van der Waals surface area contributed by atoms with Crippen LogP contribution in [0.2, 0.25) is 0 Å². The number of aromatic nitrogens is 1. The smallest absolute Gasteiger partial charge is 0.308 e. The fourth-order valence-corrected chi connectivity index (χ4v) is 6.10. The Bertz CT molecular complexity index is 1230. The van der Waals surface area contributed by atoms with Gasteiger partial charge in [0, 0.05) is 37.3 Å². The first kappa shape index (κ1) is 26.0. The number of carbonyl (C=O) groups is 4. The Kier molecular flexibility index (Phi) is 7.27. The summed E-state index contributed by atoms with van der Waals surface area (Å²) in [5.74, 6) is -2.44. The molecule has 9 heteroatoms. The molecule has 38 heavy (non-hydrogen) atoms. The van der Waals surface area contributed by atoms with E-state index in [0.29, 0.717) is 25.7 Å². The Morgan fingerprint density at radius 2 is 1.95 bits per heavy atom. The van der Waals surface area contributed by atoms with Crippen molar-refractivity contribution in [3.8, 4) is 5.75 Å². The number of nitrogens with zero attached hydrogens (tertiary/aromatic N) is 1. The topological polar surface area (TPSA) is 127 Å². The van der Waals surface area contributed by atoms with Gasteiger partial charge >= 0.3 is 5.97 Å². The summed E-state index contributed by atoms with van der Waals surface area (Å²) < 4.78 is 7.78. The van der Waals surface area contributed by atoms with Gasteiger partial charge in [-0.25, -0.2) is 0 Å². The van der Waals surface area contributed by atoms with E-state index in [2.05, 4.69) is 10.6 Å². The summed E-state index contributed by atoms with van der Waals surface area (Å²) in [6.45, 7) is 4.13. The van der Waals surface area contributed by atoms with Crippen LogP contribution in [-0.4, -0.2) is 51.4 Å². The molecule has 3 N–H and O–H groups in total. The predicted molar refractivity (Wildman–Crippen MR) is 139 cm³/mol. The third kappa shape index (κ3) is 5.06. The molecule has 4 unspecified atom stereocenters. The predicted octanol–water partition coefficient (Wildman–Crippen LogP) is 2.60. The maximum absolute atomic E-state index is 13.6. The van der Waals surface area contributed by atoms with Crippen molar-refractivity contribution in [2.24, 2.45) is 11.8 Å². The van der Waals surface area contributed by atoms with Gasteiger partial charge in [-0.2, -0.15) is 0 Å². The molecule has 5 rings (SSSR count). The second-order valence-corrected chi connectivity index (χ2v) is 10.9. The molecule has 9 nitrogen and oxygen atoms in total. The third-order valence-electron chi connectivity index (χ3n) is 8.34. The molecule has 1 aromatic heterocycles. The van der Waals surface area contributed by atoms with Gasteiger partial charge in [0.1, 0.15) is 23.7 Å². The van der Waals surface area contributed by atoms with Gasteiger partial charge in [-0.15, -0.1) is 0 Å². The summed E-state index contributed by atoms with van der Waals surface area (Å²) in [4.78, 5) is 51.6. The molecule has 1 aliphatic carbocycles. The van der Waals surface area contributed by atoms with Crippen molar-refractivity contribution in [3.05, 3.63) is 53.3 Å². The fourth-order valence-electron chi connectivity index (χ4n) is 6.10. The van der Waals surface area contributed by atoms with Crippen LogP contribution in [0.3, 0.4) is 0 Å². The summed E-state index contributed by atoms with van der Waals surface area (Å²) in [5, 5.41) is 15.6. The molecule has 3 heterocycles. The number of hydrogen-bond donors (Lipinski definition) is 3. The number of aliphatic carboxylic acids is 1. The first-order valence-corrected chi connectivity index (χ1v) is 13.5. The molecule has 0 spiro atoms. The van der Waals surface area contributed by atoms with E-state index < -0.39 is 29.9 Å². The lowest BCUT2D eigenvalue weighted by molar-refractivity contribution is -0.144. The van der Waals surface area contributed by atoms with E-state index in [1.165, 1.54) is 0 Å². The van der Waals surface area contributed by atoms with E-state index >= 15 is 0 Å². The molecule has 0 saturated carbocycles. The van der Waals surface area contributed by atoms with Gasteiger partial charge in [-0.3, -0.25) is 19.2 Å². The fraction of sp³-hybridized carbons (Fsp3) is 0.517. The molecule has 3 aliphatic rings. The number of hydrogen-bond acceptors (Lipinski definition) is 5. The summed E-state index contributed by atoms with van der Waals surface area (Å²) in [7, 11) is 0. The molecular formula is C29H35N3O6. The zero-order valence-electron chi connectivity index (χ0n) is 21.8. The Morgan fingerprint density at radius 1 is 1.16 bits per heavy atom. The quantitative estimate of drug-likeness (QED) is 0.490. The molecule has 2 aliphatic heterocycles. The molecule has 202 valence electrons. The minimum Gasteiger partial charge on any atom is -0.489 e. The van der Waals surface area contributed by atoms with Gasteiger partial charge in [-0.1, -0.05) is 38.5 Å². The number of ketones is 1. The lowest BCUT2D eigenvalue weighted by atomic mass is 9.79. The van der Waals surface area contributed by atoms with E-state index in [1.807, 2.05) is 54.9 Å². The zero-order chi connectivity index (χ0) is 27.0. The number of ether oxygens (including phenoxy) is 1. The molecule has 0 saturated heterocycles. The Balaban J connectivity index is 1.28. The highest BCUT2D eigenvalue weighted by Gasteiger charge is 2.43. The number of carboxylic acids is 1. The summed E-state index contributed by atoms with van der Waals surface area (Å²) in [5.41, 5.74) is 2.92. The van der Waals surface area contributed by atoms with Crippen molar-refractivity contribution in [2.45, 2.75) is 83.0 Å². The van der Waals surface area contributed by atoms with Crippen LogP contribution in [0.25, 0.3) is 0 Å². The lowest BCUT2D eigenvalue weighted by Gasteiger charge is -2.34. The van der Waals surface area contributed by atoms with Crippen LogP contribution in [0.4, 0.5) is 0 Å². The molecule has 0 radical (unpaired) electrons. The Labute approximate surface area is 221 Å². The van der Waals surface area contributed by atoms with Gasteiger partial charge in [0.2, 0.25) is 11.8 Å². The first-order chi connectivity index (χ1) is 18.2.